The maximum absolute atomic E-state index is 12.9. The number of rotatable bonds is 6. The molecule has 30 heavy (non-hydrogen) atoms. The highest BCUT2D eigenvalue weighted by atomic mass is 32.1. The van der Waals surface area contributed by atoms with Crippen LogP contribution in [0.4, 0.5) is 5.69 Å². The predicted molar refractivity (Wildman–Crippen MR) is 118 cm³/mol. The minimum absolute atomic E-state index is 0.251. The van der Waals surface area contributed by atoms with Crippen LogP contribution in [0.5, 0.6) is 11.5 Å². The number of carbonyl (C=O) groups is 1. The lowest BCUT2D eigenvalue weighted by Gasteiger charge is -2.12. The zero-order valence-corrected chi connectivity index (χ0v) is 18.1. The van der Waals surface area contributed by atoms with Crippen LogP contribution in [0, 0.1) is 6.92 Å². The van der Waals surface area contributed by atoms with Gasteiger partial charge in [-0.1, -0.05) is 6.07 Å². The maximum atomic E-state index is 12.9. The monoisotopic (exact) mass is 442 g/mol. The molecule has 0 unspecified atom stereocenters. The first-order valence-electron chi connectivity index (χ1n) is 8.94. The molecule has 0 saturated carbocycles. The SMILES string of the molecule is COc1ccc(NC(=O)Cn2nc(-c3cccs3)c3sc(C)nc3c2=O)c(OC)c1. The van der Waals surface area contributed by atoms with E-state index >= 15 is 0 Å². The van der Waals surface area contributed by atoms with Crippen LogP contribution >= 0.6 is 22.7 Å². The van der Waals surface area contributed by atoms with E-state index in [-0.39, 0.29) is 6.54 Å². The Kier molecular flexibility index (Phi) is 5.51. The van der Waals surface area contributed by atoms with Gasteiger partial charge in [-0.05, 0) is 30.5 Å². The molecule has 3 aromatic heterocycles. The van der Waals surface area contributed by atoms with Crippen molar-refractivity contribution in [2.75, 3.05) is 19.5 Å². The Balaban J connectivity index is 1.68. The number of thiazole rings is 1. The summed E-state index contributed by atoms with van der Waals surface area (Å²) in [6.45, 7) is 1.59. The third kappa shape index (κ3) is 3.79. The van der Waals surface area contributed by atoms with Gasteiger partial charge in [0, 0.05) is 6.07 Å². The number of fused-ring (bicyclic) bond motifs is 1. The van der Waals surface area contributed by atoms with E-state index in [9.17, 15) is 9.59 Å². The van der Waals surface area contributed by atoms with Crippen molar-refractivity contribution in [3.8, 4) is 22.1 Å². The molecule has 0 fully saturated rings. The lowest BCUT2D eigenvalue weighted by atomic mass is 10.2. The van der Waals surface area contributed by atoms with E-state index in [2.05, 4.69) is 15.4 Å². The second kappa shape index (κ2) is 8.25. The van der Waals surface area contributed by atoms with E-state index in [0.29, 0.717) is 28.4 Å². The van der Waals surface area contributed by atoms with E-state index in [4.69, 9.17) is 9.47 Å². The second-order valence-electron chi connectivity index (χ2n) is 6.31. The van der Waals surface area contributed by atoms with Crippen LogP contribution in [0.15, 0.2) is 40.5 Å². The first kappa shape index (κ1) is 20.0. The molecule has 1 aromatic carbocycles. The molecule has 0 aliphatic rings. The van der Waals surface area contributed by atoms with Gasteiger partial charge < -0.3 is 14.8 Å². The van der Waals surface area contributed by atoms with Crippen molar-refractivity contribution >= 4 is 44.5 Å². The maximum Gasteiger partial charge on any atom is 0.294 e. The molecule has 8 nitrogen and oxygen atoms in total. The average molecular weight is 443 g/mol. The molecular weight excluding hydrogens is 424 g/mol. The largest absolute Gasteiger partial charge is 0.497 e. The van der Waals surface area contributed by atoms with Crippen molar-refractivity contribution in [2.45, 2.75) is 13.5 Å². The van der Waals surface area contributed by atoms with E-state index in [1.165, 1.54) is 29.8 Å². The van der Waals surface area contributed by atoms with E-state index in [1.54, 1.807) is 25.3 Å². The van der Waals surface area contributed by atoms with E-state index in [1.807, 2.05) is 24.4 Å². The van der Waals surface area contributed by atoms with Crippen LogP contribution in [0.3, 0.4) is 0 Å². The summed E-state index contributed by atoms with van der Waals surface area (Å²) in [6.07, 6.45) is 0. The molecule has 0 atom stereocenters. The highest BCUT2D eigenvalue weighted by Crippen LogP contribution is 2.32. The molecule has 1 N–H and O–H groups in total. The zero-order chi connectivity index (χ0) is 21.3. The van der Waals surface area contributed by atoms with Gasteiger partial charge >= 0.3 is 0 Å². The minimum atomic E-state index is -0.406. The van der Waals surface area contributed by atoms with Crippen molar-refractivity contribution in [1.29, 1.82) is 0 Å². The molecule has 0 saturated heterocycles. The van der Waals surface area contributed by atoms with Crippen molar-refractivity contribution in [2.24, 2.45) is 0 Å². The first-order valence-corrected chi connectivity index (χ1v) is 10.6. The fraction of sp³-hybridized carbons (Fsp3) is 0.200. The quantitative estimate of drug-likeness (QED) is 0.491. The second-order valence-corrected chi connectivity index (χ2v) is 8.46. The number of hydrogen-bond donors (Lipinski definition) is 1. The molecule has 154 valence electrons. The number of nitrogens with zero attached hydrogens (tertiary/aromatic N) is 3. The van der Waals surface area contributed by atoms with Crippen molar-refractivity contribution in [3.05, 3.63) is 51.1 Å². The molecule has 0 radical (unpaired) electrons. The van der Waals surface area contributed by atoms with Gasteiger partial charge in [0.05, 0.1) is 34.5 Å². The Labute approximate surface area is 179 Å². The fourth-order valence-corrected chi connectivity index (χ4v) is 4.66. The van der Waals surface area contributed by atoms with Gasteiger partial charge in [0.25, 0.3) is 5.56 Å². The van der Waals surface area contributed by atoms with Gasteiger partial charge in [0.2, 0.25) is 5.91 Å². The number of benzene rings is 1. The van der Waals surface area contributed by atoms with Gasteiger partial charge in [-0.15, -0.1) is 22.7 Å². The van der Waals surface area contributed by atoms with Gasteiger partial charge in [-0.25, -0.2) is 9.67 Å². The summed E-state index contributed by atoms with van der Waals surface area (Å²) in [4.78, 5) is 30.8. The van der Waals surface area contributed by atoms with Gasteiger partial charge in [0.1, 0.15) is 23.7 Å². The van der Waals surface area contributed by atoms with Crippen LogP contribution in [-0.4, -0.2) is 34.9 Å². The fourth-order valence-electron chi connectivity index (χ4n) is 2.98. The summed E-state index contributed by atoms with van der Waals surface area (Å²) in [5.41, 5.74) is 1.05. The Morgan fingerprint density at radius 2 is 2.07 bits per heavy atom. The Bertz CT molecular complexity index is 1280. The zero-order valence-electron chi connectivity index (χ0n) is 16.5. The van der Waals surface area contributed by atoms with Gasteiger partial charge in [0.15, 0.2) is 5.52 Å². The summed E-state index contributed by atoms with van der Waals surface area (Å²) in [5, 5.41) is 9.95. The van der Waals surface area contributed by atoms with Crippen molar-refractivity contribution < 1.29 is 14.3 Å². The topological polar surface area (TPSA) is 95.3 Å². The Morgan fingerprint density at radius 1 is 1.23 bits per heavy atom. The number of carbonyl (C=O) groups excluding carboxylic acids is 1. The molecule has 0 aliphatic carbocycles. The van der Waals surface area contributed by atoms with Crippen LogP contribution in [-0.2, 0) is 11.3 Å². The summed E-state index contributed by atoms with van der Waals surface area (Å²) in [6, 6.07) is 8.90. The summed E-state index contributed by atoms with van der Waals surface area (Å²) in [5.74, 6) is 0.650. The highest BCUT2D eigenvalue weighted by molar-refractivity contribution is 7.20. The standard InChI is InChI=1S/C20H18N4O4S2/c1-11-21-18-19(30-11)17(15-5-4-8-29-15)23-24(20(18)26)10-16(25)22-13-7-6-12(27-2)9-14(13)28-3/h4-9H,10H2,1-3H3,(H,22,25). The lowest BCUT2D eigenvalue weighted by Crippen LogP contribution is -2.30. The third-order valence-corrected chi connectivity index (χ3v) is 6.19. The van der Waals surface area contributed by atoms with Crippen LogP contribution in [0.1, 0.15) is 5.01 Å². The number of thiophene rings is 1. The molecule has 4 aromatic rings. The number of nitrogens with one attached hydrogen (secondary N) is 1. The third-order valence-electron chi connectivity index (χ3n) is 4.34. The Morgan fingerprint density at radius 3 is 2.77 bits per heavy atom. The number of amides is 1. The smallest absolute Gasteiger partial charge is 0.294 e. The molecule has 3 heterocycles. The molecule has 0 aliphatic heterocycles. The number of aryl methyl sites for hydroxylation is 1. The number of methoxy groups -OCH3 is 2. The molecule has 0 bridgehead atoms. The van der Waals surface area contributed by atoms with Crippen LogP contribution in [0.2, 0.25) is 0 Å². The van der Waals surface area contributed by atoms with Crippen LogP contribution < -0.4 is 20.3 Å². The van der Waals surface area contributed by atoms with Crippen molar-refractivity contribution in [3.63, 3.8) is 0 Å². The van der Waals surface area contributed by atoms with Gasteiger partial charge in [-0.3, -0.25) is 9.59 Å². The summed E-state index contributed by atoms with van der Waals surface area (Å²) < 4.78 is 12.4. The predicted octanol–water partition coefficient (Wildman–Crippen LogP) is 3.55. The number of ether oxygens (including phenoxy) is 2. The molecular formula is C20H18N4O4S2. The summed E-state index contributed by atoms with van der Waals surface area (Å²) >= 11 is 2.94. The van der Waals surface area contributed by atoms with Crippen LogP contribution in [0.25, 0.3) is 20.8 Å². The Hall–Kier alpha value is -3.24. The van der Waals surface area contributed by atoms with E-state index in [0.717, 1.165) is 19.3 Å². The molecule has 10 heteroatoms. The molecule has 4 rings (SSSR count). The lowest BCUT2D eigenvalue weighted by molar-refractivity contribution is -0.117. The van der Waals surface area contributed by atoms with Crippen molar-refractivity contribution in [1.82, 2.24) is 14.8 Å². The average Bonchev–Trinajstić information content (AvgIpc) is 3.40. The molecule has 1 amide bonds. The normalized spacial score (nSPS) is 10.9. The summed E-state index contributed by atoms with van der Waals surface area (Å²) in [7, 11) is 3.05. The number of aromatic nitrogens is 3. The first-order chi connectivity index (χ1) is 14.5. The molecule has 0 spiro atoms. The highest BCUT2D eigenvalue weighted by Gasteiger charge is 2.19. The van der Waals surface area contributed by atoms with E-state index < -0.39 is 11.5 Å². The number of anilines is 1. The van der Waals surface area contributed by atoms with Gasteiger partial charge in [-0.2, -0.15) is 5.10 Å². The minimum Gasteiger partial charge on any atom is -0.497 e. The number of hydrogen-bond acceptors (Lipinski definition) is 8.